The Hall–Kier alpha value is -1.11. The molecule has 0 bridgehead atoms. The molecule has 0 spiro atoms. The predicted molar refractivity (Wildman–Crippen MR) is 87.3 cm³/mol. The standard InChI is InChI=1S/C20H26O3/c1-3-20(23)9-8-16-15-6-4-12-10-13(21)5-7-14(12)18(15)17(22)11-19(16,20)2/h1,10,14-18,22-23H,4-9,11H2,2H3/t14-,15-,16-,17+,18+,19-,20-/m0/s1. The maximum Gasteiger partial charge on any atom is 0.155 e. The van der Waals surface area contributed by atoms with Gasteiger partial charge in [-0.25, -0.2) is 0 Å². The molecule has 23 heavy (non-hydrogen) atoms. The molecule has 4 rings (SSSR count). The van der Waals surface area contributed by atoms with E-state index < -0.39 is 11.7 Å². The molecule has 4 aliphatic carbocycles. The molecule has 3 heteroatoms. The summed E-state index contributed by atoms with van der Waals surface area (Å²) < 4.78 is 0. The molecule has 2 N–H and O–H groups in total. The van der Waals surface area contributed by atoms with E-state index in [0.29, 0.717) is 37.0 Å². The maximum absolute atomic E-state index is 11.7. The summed E-state index contributed by atoms with van der Waals surface area (Å²) in [5.74, 6) is 4.28. The van der Waals surface area contributed by atoms with Crippen molar-refractivity contribution in [3.8, 4) is 12.3 Å². The SMILES string of the molecule is C#C[C@]1(O)CC[C@H]2[C@@H]3CCC4=CC(=O)CC[C@@H]4[C@H]3[C@H](O)C[C@@]21C. The van der Waals surface area contributed by atoms with Crippen LogP contribution in [0.1, 0.15) is 51.9 Å². The van der Waals surface area contributed by atoms with E-state index in [9.17, 15) is 15.0 Å². The van der Waals surface area contributed by atoms with Crippen molar-refractivity contribution in [1.29, 1.82) is 0 Å². The van der Waals surface area contributed by atoms with E-state index in [0.717, 1.165) is 25.7 Å². The number of fused-ring (bicyclic) bond motifs is 5. The van der Waals surface area contributed by atoms with Crippen LogP contribution >= 0.6 is 0 Å². The Morgan fingerprint density at radius 1 is 1.30 bits per heavy atom. The first-order chi connectivity index (χ1) is 10.9. The van der Waals surface area contributed by atoms with Gasteiger partial charge in [0.1, 0.15) is 5.60 Å². The van der Waals surface area contributed by atoms with Gasteiger partial charge in [-0.05, 0) is 68.3 Å². The Balaban J connectivity index is 1.70. The van der Waals surface area contributed by atoms with Crippen LogP contribution in [0.3, 0.4) is 0 Å². The third-order valence-corrected chi connectivity index (χ3v) is 7.66. The summed E-state index contributed by atoms with van der Waals surface area (Å²) in [5.41, 5.74) is -0.202. The van der Waals surface area contributed by atoms with Gasteiger partial charge in [0.2, 0.25) is 0 Å². The van der Waals surface area contributed by atoms with E-state index in [1.165, 1.54) is 5.57 Å². The lowest BCUT2D eigenvalue weighted by molar-refractivity contribution is -0.139. The number of terminal acetylenes is 1. The van der Waals surface area contributed by atoms with Crippen LogP contribution in [0.25, 0.3) is 0 Å². The lowest BCUT2D eigenvalue weighted by Gasteiger charge is -2.56. The highest BCUT2D eigenvalue weighted by atomic mass is 16.3. The minimum Gasteiger partial charge on any atom is -0.393 e. The second-order valence-corrected chi connectivity index (χ2v) is 8.45. The van der Waals surface area contributed by atoms with E-state index in [1.54, 1.807) is 0 Å². The molecular weight excluding hydrogens is 288 g/mol. The van der Waals surface area contributed by atoms with Gasteiger partial charge in [-0.3, -0.25) is 4.79 Å². The zero-order valence-corrected chi connectivity index (χ0v) is 13.8. The molecule has 0 heterocycles. The minimum atomic E-state index is -1.08. The highest BCUT2D eigenvalue weighted by Gasteiger charge is 2.64. The lowest BCUT2D eigenvalue weighted by atomic mass is 9.49. The van der Waals surface area contributed by atoms with Crippen LogP contribution in [-0.4, -0.2) is 27.7 Å². The maximum atomic E-state index is 11.7. The van der Waals surface area contributed by atoms with Gasteiger partial charge >= 0.3 is 0 Å². The fourth-order valence-electron chi connectivity index (χ4n) is 6.50. The number of hydrogen-bond donors (Lipinski definition) is 2. The van der Waals surface area contributed by atoms with Gasteiger partial charge in [-0.2, -0.15) is 0 Å². The Labute approximate surface area is 138 Å². The molecule has 0 saturated heterocycles. The normalized spacial score (nSPS) is 52.0. The highest BCUT2D eigenvalue weighted by molar-refractivity contribution is 5.91. The molecule has 4 aliphatic rings. The number of allylic oxidation sites excluding steroid dienone is 1. The molecular formula is C20H26O3. The largest absolute Gasteiger partial charge is 0.393 e. The van der Waals surface area contributed by atoms with E-state index >= 15 is 0 Å². The van der Waals surface area contributed by atoms with Crippen molar-refractivity contribution >= 4 is 5.78 Å². The van der Waals surface area contributed by atoms with Crippen molar-refractivity contribution in [3.05, 3.63) is 11.6 Å². The summed E-state index contributed by atoms with van der Waals surface area (Å²) >= 11 is 0. The van der Waals surface area contributed by atoms with Crippen LogP contribution in [0.5, 0.6) is 0 Å². The lowest BCUT2D eigenvalue weighted by Crippen LogP contribution is -2.57. The van der Waals surface area contributed by atoms with Crippen LogP contribution in [-0.2, 0) is 4.79 Å². The zero-order valence-electron chi connectivity index (χ0n) is 13.8. The Morgan fingerprint density at radius 3 is 2.83 bits per heavy atom. The summed E-state index contributed by atoms with van der Waals surface area (Å²) in [6.07, 6.45) is 12.7. The summed E-state index contributed by atoms with van der Waals surface area (Å²) in [5, 5.41) is 21.9. The van der Waals surface area contributed by atoms with Gasteiger partial charge in [0.15, 0.2) is 5.78 Å². The highest BCUT2D eigenvalue weighted by Crippen LogP contribution is 2.64. The van der Waals surface area contributed by atoms with Crippen molar-refractivity contribution in [2.45, 2.75) is 63.6 Å². The van der Waals surface area contributed by atoms with E-state index in [2.05, 4.69) is 12.8 Å². The van der Waals surface area contributed by atoms with Crippen LogP contribution in [0.4, 0.5) is 0 Å². The van der Waals surface area contributed by atoms with E-state index in [4.69, 9.17) is 6.42 Å². The molecule has 3 saturated carbocycles. The quantitative estimate of drug-likeness (QED) is 0.675. The Kier molecular flexibility index (Phi) is 3.31. The molecule has 0 aliphatic heterocycles. The number of ketones is 1. The van der Waals surface area contributed by atoms with Crippen LogP contribution in [0.2, 0.25) is 0 Å². The predicted octanol–water partition coefficient (Wildman–Crippen LogP) is 2.46. The average Bonchev–Trinajstić information content (AvgIpc) is 2.78. The molecule has 7 atom stereocenters. The number of carbonyl (C=O) groups excluding carboxylic acids is 1. The second-order valence-electron chi connectivity index (χ2n) is 8.45. The summed E-state index contributed by atoms with van der Waals surface area (Å²) in [7, 11) is 0. The first-order valence-corrected chi connectivity index (χ1v) is 9.01. The third kappa shape index (κ3) is 1.95. The topological polar surface area (TPSA) is 57.5 Å². The van der Waals surface area contributed by atoms with Crippen molar-refractivity contribution in [1.82, 2.24) is 0 Å². The fraction of sp³-hybridized carbons (Fsp3) is 0.750. The first-order valence-electron chi connectivity index (χ1n) is 9.01. The number of hydrogen-bond acceptors (Lipinski definition) is 3. The van der Waals surface area contributed by atoms with Gasteiger partial charge < -0.3 is 10.2 Å². The van der Waals surface area contributed by atoms with Gasteiger partial charge in [0.25, 0.3) is 0 Å². The Morgan fingerprint density at radius 2 is 2.09 bits per heavy atom. The number of carbonyl (C=O) groups is 1. The third-order valence-electron chi connectivity index (χ3n) is 7.66. The smallest absolute Gasteiger partial charge is 0.155 e. The second kappa shape index (κ2) is 4.94. The molecule has 3 nitrogen and oxygen atoms in total. The van der Waals surface area contributed by atoms with Gasteiger partial charge in [0, 0.05) is 11.8 Å². The number of aliphatic hydroxyl groups excluding tert-OH is 1. The summed E-state index contributed by atoms with van der Waals surface area (Å²) in [4.78, 5) is 11.7. The monoisotopic (exact) mass is 314 g/mol. The van der Waals surface area contributed by atoms with Crippen molar-refractivity contribution in [2.24, 2.45) is 29.1 Å². The van der Waals surface area contributed by atoms with Crippen molar-refractivity contribution in [2.75, 3.05) is 0 Å². The molecule has 3 fully saturated rings. The van der Waals surface area contributed by atoms with Gasteiger partial charge in [0.05, 0.1) is 6.10 Å². The van der Waals surface area contributed by atoms with Crippen LogP contribution < -0.4 is 0 Å². The van der Waals surface area contributed by atoms with Crippen molar-refractivity contribution in [3.63, 3.8) is 0 Å². The molecule has 0 aromatic rings. The fourth-order valence-corrected chi connectivity index (χ4v) is 6.50. The molecule has 0 unspecified atom stereocenters. The number of aliphatic hydroxyl groups is 2. The van der Waals surface area contributed by atoms with Gasteiger partial charge in [-0.1, -0.05) is 18.4 Å². The summed E-state index contributed by atoms with van der Waals surface area (Å²) in [6, 6.07) is 0. The summed E-state index contributed by atoms with van der Waals surface area (Å²) in [6.45, 7) is 2.08. The minimum absolute atomic E-state index is 0.237. The van der Waals surface area contributed by atoms with Gasteiger partial charge in [-0.15, -0.1) is 6.42 Å². The number of rotatable bonds is 0. The molecule has 124 valence electrons. The molecule has 0 radical (unpaired) electrons. The Bertz CT molecular complexity index is 615. The molecule has 0 aromatic carbocycles. The van der Waals surface area contributed by atoms with E-state index in [1.807, 2.05) is 6.08 Å². The van der Waals surface area contributed by atoms with Crippen molar-refractivity contribution < 1.29 is 15.0 Å². The van der Waals surface area contributed by atoms with Crippen LogP contribution in [0, 0.1) is 41.4 Å². The molecule has 0 amide bonds. The van der Waals surface area contributed by atoms with Crippen LogP contribution in [0.15, 0.2) is 11.6 Å². The van der Waals surface area contributed by atoms with E-state index in [-0.39, 0.29) is 17.1 Å². The first kappa shape index (κ1) is 15.4. The molecule has 0 aromatic heterocycles. The zero-order chi connectivity index (χ0) is 16.4. The average molecular weight is 314 g/mol.